The van der Waals surface area contributed by atoms with Crippen molar-refractivity contribution in [1.82, 2.24) is 20.6 Å². The van der Waals surface area contributed by atoms with Crippen molar-refractivity contribution < 1.29 is 4.42 Å². The fraction of sp³-hybridized carbons (Fsp3) is 0.381. The molecule has 0 aliphatic rings. The van der Waals surface area contributed by atoms with Crippen LogP contribution in [0.2, 0.25) is 0 Å². The molecule has 0 aliphatic heterocycles. The number of hydrogen-bond donors (Lipinski definition) is 2. The van der Waals surface area contributed by atoms with Crippen LogP contribution in [0.5, 0.6) is 0 Å². The Morgan fingerprint density at radius 1 is 1.11 bits per heavy atom. The van der Waals surface area contributed by atoms with E-state index in [0.29, 0.717) is 24.9 Å². The summed E-state index contributed by atoms with van der Waals surface area (Å²) in [7, 11) is 0. The van der Waals surface area contributed by atoms with Gasteiger partial charge in [-0.05, 0) is 18.4 Å². The van der Waals surface area contributed by atoms with Gasteiger partial charge in [0.2, 0.25) is 5.89 Å². The number of hydrogen-bond acceptors (Lipinski definition) is 4. The van der Waals surface area contributed by atoms with Gasteiger partial charge in [-0.2, -0.15) is 0 Å². The third kappa shape index (κ3) is 4.84. The van der Waals surface area contributed by atoms with E-state index < -0.39 is 0 Å². The normalized spacial score (nSPS) is 12.4. The summed E-state index contributed by atoms with van der Waals surface area (Å²) in [6.07, 6.45) is 3.62. The second-order valence-electron chi connectivity index (χ2n) is 7.40. The summed E-state index contributed by atoms with van der Waals surface area (Å²) in [4.78, 5) is 13.5. The van der Waals surface area contributed by atoms with Gasteiger partial charge in [0.15, 0.2) is 5.96 Å². The van der Waals surface area contributed by atoms with E-state index in [-0.39, 0.29) is 5.41 Å². The molecule has 0 fully saturated rings. The summed E-state index contributed by atoms with van der Waals surface area (Å²) in [6, 6.07) is 10.2. The number of oxazole rings is 1. The van der Waals surface area contributed by atoms with Crippen LogP contribution >= 0.6 is 0 Å². The van der Waals surface area contributed by atoms with Gasteiger partial charge in [0, 0.05) is 23.5 Å². The van der Waals surface area contributed by atoms with Crippen LogP contribution in [0.4, 0.5) is 0 Å². The molecule has 0 aliphatic carbocycles. The van der Waals surface area contributed by atoms with Gasteiger partial charge in [-0.25, -0.2) is 9.98 Å². The second-order valence-corrected chi connectivity index (χ2v) is 7.40. The zero-order chi connectivity index (χ0) is 19.3. The molecule has 2 aromatic heterocycles. The van der Waals surface area contributed by atoms with E-state index in [0.717, 1.165) is 23.4 Å². The highest BCUT2D eigenvalue weighted by atomic mass is 16.4. The number of aromatic nitrogens is 2. The summed E-state index contributed by atoms with van der Waals surface area (Å²) < 4.78 is 5.83. The topological polar surface area (TPSA) is 75.3 Å². The molecule has 142 valence electrons. The maximum atomic E-state index is 5.83. The largest absolute Gasteiger partial charge is 0.443 e. The Morgan fingerprint density at radius 3 is 2.67 bits per heavy atom. The fourth-order valence-corrected chi connectivity index (χ4v) is 2.70. The van der Waals surface area contributed by atoms with Crippen molar-refractivity contribution in [3.8, 4) is 0 Å². The number of aliphatic imine (C=N–C) groups is 1. The lowest BCUT2D eigenvalue weighted by Gasteiger charge is -2.13. The van der Waals surface area contributed by atoms with E-state index in [2.05, 4.69) is 58.5 Å². The van der Waals surface area contributed by atoms with Crippen molar-refractivity contribution in [2.45, 2.75) is 46.2 Å². The minimum absolute atomic E-state index is 0.0517. The third-order valence-corrected chi connectivity index (χ3v) is 4.19. The van der Waals surface area contributed by atoms with E-state index in [9.17, 15) is 0 Å². The molecule has 3 aromatic rings. The molecule has 0 saturated carbocycles. The van der Waals surface area contributed by atoms with E-state index >= 15 is 0 Å². The maximum Gasteiger partial charge on any atom is 0.213 e. The number of benzene rings is 1. The van der Waals surface area contributed by atoms with Crippen molar-refractivity contribution in [1.29, 1.82) is 0 Å². The summed E-state index contributed by atoms with van der Waals surface area (Å²) in [5, 5.41) is 8.82. The average molecular weight is 365 g/mol. The highest BCUT2D eigenvalue weighted by Gasteiger charge is 2.19. The maximum absolute atomic E-state index is 5.83. The molecule has 1 aromatic carbocycles. The number of guanidine groups is 1. The third-order valence-electron chi connectivity index (χ3n) is 4.19. The molecule has 2 heterocycles. The van der Waals surface area contributed by atoms with Gasteiger partial charge >= 0.3 is 0 Å². The molecule has 0 atom stereocenters. The van der Waals surface area contributed by atoms with Gasteiger partial charge in [0.25, 0.3) is 0 Å². The van der Waals surface area contributed by atoms with Gasteiger partial charge < -0.3 is 15.1 Å². The lowest BCUT2D eigenvalue weighted by Crippen LogP contribution is -2.36. The number of nitrogens with one attached hydrogen (secondary N) is 2. The summed E-state index contributed by atoms with van der Waals surface area (Å²) in [6.45, 7) is 10.1. The molecule has 0 amide bonds. The van der Waals surface area contributed by atoms with Crippen LogP contribution in [-0.4, -0.2) is 22.5 Å². The van der Waals surface area contributed by atoms with E-state index in [1.54, 1.807) is 6.20 Å². The predicted molar refractivity (Wildman–Crippen MR) is 109 cm³/mol. The van der Waals surface area contributed by atoms with E-state index in [4.69, 9.17) is 4.42 Å². The van der Waals surface area contributed by atoms with Crippen LogP contribution in [0.15, 0.2) is 52.1 Å². The average Bonchev–Trinajstić information content (AvgIpc) is 3.13. The van der Waals surface area contributed by atoms with Crippen LogP contribution in [0.1, 0.15) is 45.0 Å². The van der Waals surface area contributed by atoms with Gasteiger partial charge in [-0.1, -0.05) is 45.0 Å². The van der Waals surface area contributed by atoms with Crippen molar-refractivity contribution >= 4 is 16.7 Å². The van der Waals surface area contributed by atoms with E-state index in [1.165, 1.54) is 5.39 Å². The first-order valence-corrected chi connectivity index (χ1v) is 9.27. The molecule has 6 heteroatoms. The van der Waals surface area contributed by atoms with Crippen molar-refractivity contribution in [3.05, 3.63) is 60.1 Å². The number of nitrogens with zero attached hydrogens (tertiary/aromatic N) is 3. The van der Waals surface area contributed by atoms with Crippen LogP contribution < -0.4 is 10.6 Å². The van der Waals surface area contributed by atoms with Gasteiger partial charge in [-0.3, -0.25) is 4.98 Å². The SMILES string of the molecule is CCNC(=NCc1nccc2ccccc12)NCc1ncc(C(C)(C)C)o1. The Labute approximate surface area is 160 Å². The van der Waals surface area contributed by atoms with Crippen LogP contribution in [0, 0.1) is 0 Å². The van der Waals surface area contributed by atoms with Gasteiger partial charge in [0.1, 0.15) is 5.76 Å². The molecule has 0 unspecified atom stereocenters. The fourth-order valence-electron chi connectivity index (χ4n) is 2.70. The number of fused-ring (bicyclic) bond motifs is 1. The standard InChI is InChI=1S/C21H27N5O/c1-5-22-20(26-14-19-24-13-18(27-19)21(2,3)4)25-12-17-16-9-7-6-8-15(16)10-11-23-17/h6-11,13H,5,12,14H2,1-4H3,(H2,22,25,26). The van der Waals surface area contributed by atoms with Gasteiger partial charge in [0.05, 0.1) is 25.0 Å². The molecular weight excluding hydrogens is 338 g/mol. The van der Waals surface area contributed by atoms with Crippen LogP contribution in [-0.2, 0) is 18.5 Å². The highest BCUT2D eigenvalue weighted by molar-refractivity contribution is 5.85. The molecule has 3 rings (SSSR count). The number of rotatable bonds is 5. The monoisotopic (exact) mass is 365 g/mol. The molecule has 27 heavy (non-hydrogen) atoms. The summed E-state index contributed by atoms with van der Waals surface area (Å²) in [5.74, 6) is 2.23. The zero-order valence-electron chi connectivity index (χ0n) is 16.4. The molecule has 6 nitrogen and oxygen atoms in total. The lowest BCUT2D eigenvalue weighted by atomic mass is 9.94. The highest BCUT2D eigenvalue weighted by Crippen LogP contribution is 2.22. The Balaban J connectivity index is 1.70. The minimum atomic E-state index is -0.0517. The second kappa shape index (κ2) is 8.20. The summed E-state index contributed by atoms with van der Waals surface area (Å²) >= 11 is 0. The van der Waals surface area contributed by atoms with Crippen LogP contribution in [0.3, 0.4) is 0 Å². The Bertz CT molecular complexity index is 918. The molecule has 0 spiro atoms. The van der Waals surface area contributed by atoms with Crippen molar-refractivity contribution in [3.63, 3.8) is 0 Å². The molecular formula is C21H27N5O. The zero-order valence-corrected chi connectivity index (χ0v) is 16.4. The van der Waals surface area contributed by atoms with Crippen molar-refractivity contribution in [2.75, 3.05) is 6.54 Å². The molecule has 0 saturated heterocycles. The Hall–Kier alpha value is -2.89. The van der Waals surface area contributed by atoms with Crippen LogP contribution in [0.25, 0.3) is 10.8 Å². The first-order valence-electron chi connectivity index (χ1n) is 9.27. The number of pyridine rings is 1. The molecule has 0 radical (unpaired) electrons. The first-order chi connectivity index (χ1) is 13.0. The predicted octanol–water partition coefficient (Wildman–Crippen LogP) is 3.78. The summed E-state index contributed by atoms with van der Waals surface area (Å²) in [5.41, 5.74) is 0.903. The molecule has 2 N–H and O–H groups in total. The Kier molecular flexibility index (Phi) is 5.74. The van der Waals surface area contributed by atoms with Crippen molar-refractivity contribution in [2.24, 2.45) is 4.99 Å². The minimum Gasteiger partial charge on any atom is -0.443 e. The first kappa shape index (κ1) is 18.9. The molecule has 0 bridgehead atoms. The Morgan fingerprint density at radius 2 is 1.93 bits per heavy atom. The smallest absolute Gasteiger partial charge is 0.213 e. The van der Waals surface area contributed by atoms with E-state index in [1.807, 2.05) is 31.3 Å². The quantitative estimate of drug-likeness (QED) is 0.532. The van der Waals surface area contributed by atoms with Gasteiger partial charge in [-0.15, -0.1) is 0 Å². The lowest BCUT2D eigenvalue weighted by molar-refractivity contribution is 0.379.